The molecule has 1 radical (unpaired) electrons. The van der Waals surface area contributed by atoms with Crippen LogP contribution in [-0.4, -0.2) is 227 Å². The molecule has 2 aromatic rings. The third-order valence-corrected chi connectivity index (χ3v) is 14.0. The van der Waals surface area contributed by atoms with Crippen LogP contribution >= 0.6 is 12.2 Å². The van der Waals surface area contributed by atoms with Gasteiger partial charge in [0.25, 0.3) is 0 Å². The molecule has 1 fully saturated rings. The predicted molar refractivity (Wildman–Crippen MR) is 305 cm³/mol. The molecule has 4 rings (SSSR count). The molecule has 30 nitrogen and oxygen atoms in total. The molecule has 6 atom stereocenters. The summed E-state index contributed by atoms with van der Waals surface area (Å²) in [6, 6.07) is 4.54. The number of aliphatic imine (C=N–C) groups is 1. The van der Waals surface area contributed by atoms with E-state index >= 15 is 0 Å². The van der Waals surface area contributed by atoms with Crippen molar-refractivity contribution in [1.29, 1.82) is 0 Å². The van der Waals surface area contributed by atoms with Gasteiger partial charge in [-0.3, -0.25) is 67.8 Å². The van der Waals surface area contributed by atoms with E-state index in [9.17, 15) is 78.6 Å². The van der Waals surface area contributed by atoms with Gasteiger partial charge in [0.2, 0.25) is 29.5 Å². The molecular weight excluding hydrogens is 1280 g/mol. The zero-order valence-corrected chi connectivity index (χ0v) is 50.4. The number of carbonyl (C=O) groups is 10. The number of nitrogens with zero attached hydrogens (tertiary/aromatic N) is 6. The van der Waals surface area contributed by atoms with Crippen molar-refractivity contribution in [1.82, 2.24) is 51.2 Å². The van der Waals surface area contributed by atoms with Crippen molar-refractivity contribution in [2.24, 2.45) is 22.4 Å². The zero-order valence-electron chi connectivity index (χ0n) is 47.3. The fourth-order valence-corrected chi connectivity index (χ4v) is 9.83. The molecule has 0 saturated carbocycles. The van der Waals surface area contributed by atoms with E-state index < -0.39 is 115 Å². The summed E-state index contributed by atoms with van der Waals surface area (Å²) in [4.78, 5) is 142. The van der Waals surface area contributed by atoms with Crippen molar-refractivity contribution in [2.45, 2.75) is 121 Å². The van der Waals surface area contributed by atoms with Crippen molar-refractivity contribution < 1.29 is 119 Å². The van der Waals surface area contributed by atoms with Gasteiger partial charge in [0, 0.05) is 58.0 Å². The second kappa shape index (κ2) is 36.9. The normalized spacial score (nSPS) is 16.7. The summed E-state index contributed by atoms with van der Waals surface area (Å²) in [5, 5.41) is 73.9. The average Bonchev–Trinajstić information content (AvgIpc) is 4.14. The number of nitrogens with one attached hydrogen (secondary N) is 6. The van der Waals surface area contributed by atoms with Crippen molar-refractivity contribution in [2.75, 3.05) is 70.8 Å². The smallest absolute Gasteiger partial charge is 0.481 e. The molecular formula is C53H78GdN14O16S+3. The Morgan fingerprint density at radius 3 is 1.92 bits per heavy atom. The number of aliphatic hydroxyl groups is 1. The maximum absolute atomic E-state index is 13.5. The molecule has 467 valence electrons. The number of carbonyl (C=O) groups excluding carboxylic acids is 5. The van der Waals surface area contributed by atoms with E-state index in [4.69, 9.17) is 28.7 Å². The van der Waals surface area contributed by atoms with Gasteiger partial charge in [-0.1, -0.05) is 32.0 Å². The Kier molecular flexibility index (Phi) is 31.5. The first-order valence-electron chi connectivity index (χ1n) is 27.4. The number of carboxylic acids is 5. The number of fused-ring (bicyclic) bond motifs is 2. The summed E-state index contributed by atoms with van der Waals surface area (Å²) in [7, 11) is 0. The maximum Gasteiger partial charge on any atom is 3.00 e. The largest absolute Gasteiger partial charge is 3.00 e. The molecule has 0 spiro atoms. The summed E-state index contributed by atoms with van der Waals surface area (Å²) >= 11 is 5.70. The van der Waals surface area contributed by atoms with Crippen LogP contribution in [0, 0.1) is 45.9 Å². The second-order valence-corrected chi connectivity index (χ2v) is 21.2. The van der Waals surface area contributed by atoms with E-state index in [1.165, 1.54) is 0 Å². The van der Waals surface area contributed by atoms with Gasteiger partial charge >= 0.3 is 69.8 Å². The van der Waals surface area contributed by atoms with Crippen LogP contribution in [0.5, 0.6) is 0 Å². The molecule has 2 bridgehead atoms. The number of aromatic nitrogens is 1. The van der Waals surface area contributed by atoms with Gasteiger partial charge in [-0.2, -0.15) is 0 Å². The number of carboxylic acid groups (broad SMARTS) is 5. The fourth-order valence-electron chi connectivity index (χ4n) is 9.49. The number of benzene rings is 1. The van der Waals surface area contributed by atoms with Gasteiger partial charge in [0.1, 0.15) is 36.3 Å². The Balaban J connectivity index is 0.0000189. The van der Waals surface area contributed by atoms with Gasteiger partial charge in [0.15, 0.2) is 11.1 Å². The van der Waals surface area contributed by atoms with E-state index in [0.717, 1.165) is 5.56 Å². The number of amides is 5. The predicted octanol–water partition coefficient (Wildman–Crippen LogP) is -2.49. The summed E-state index contributed by atoms with van der Waals surface area (Å²) in [5.74, 6) is -11.2. The number of aryl methyl sites for hydroxylation is 1. The van der Waals surface area contributed by atoms with Gasteiger partial charge in [0.05, 0.1) is 44.0 Å². The molecule has 1 aromatic heterocycles. The van der Waals surface area contributed by atoms with Gasteiger partial charge < -0.3 is 78.9 Å². The number of nitrogens with two attached hydrogens (primary N) is 2. The number of likely N-dealkylation sites (tertiary alicyclic amines) is 1. The van der Waals surface area contributed by atoms with Gasteiger partial charge in [-0.25, -0.2) is 4.79 Å². The van der Waals surface area contributed by atoms with Crippen molar-refractivity contribution in [3.05, 3.63) is 59.4 Å². The minimum Gasteiger partial charge on any atom is -0.481 e. The molecule has 2 aliphatic rings. The van der Waals surface area contributed by atoms with Gasteiger partial charge in [-0.05, 0) is 99.3 Å². The van der Waals surface area contributed by atoms with E-state index in [2.05, 4.69) is 36.9 Å². The third-order valence-electron chi connectivity index (χ3n) is 13.6. The number of hydrogen-bond acceptors (Lipinski definition) is 17. The summed E-state index contributed by atoms with van der Waals surface area (Å²) in [6.07, 6.45) is 1.24. The van der Waals surface area contributed by atoms with Crippen LogP contribution in [0.15, 0.2) is 47.5 Å². The van der Waals surface area contributed by atoms with Crippen LogP contribution in [0.3, 0.4) is 0 Å². The monoisotopic (exact) mass is 1360 g/mol. The number of aliphatic carboxylic acids is 5. The molecule has 1 aromatic carbocycles. The Morgan fingerprint density at radius 2 is 1.31 bits per heavy atom. The van der Waals surface area contributed by atoms with E-state index in [0.29, 0.717) is 49.3 Å². The summed E-state index contributed by atoms with van der Waals surface area (Å²) < 4.78 is 0. The van der Waals surface area contributed by atoms with Gasteiger partial charge in [-0.15, -0.1) is 0 Å². The molecule has 32 heteroatoms. The molecule has 16 N–H and O–H groups in total. The topological polar surface area (TPSA) is 455 Å². The molecule has 3 heterocycles. The summed E-state index contributed by atoms with van der Waals surface area (Å²) in [6.45, 7) is 2.93. The van der Waals surface area contributed by atoms with Crippen LogP contribution < -0.4 is 43.4 Å². The number of rotatable bonds is 31. The Morgan fingerprint density at radius 1 is 0.706 bits per heavy atom. The molecule has 2 aliphatic heterocycles. The van der Waals surface area contributed by atoms with Crippen LogP contribution in [-0.2, 0) is 67.5 Å². The number of anilines is 1. The summed E-state index contributed by atoms with van der Waals surface area (Å²) in [5.41, 5.74) is 13.2. The fraction of sp³-hybridized carbons (Fsp3) is 0.566. The number of hydrogen-bond donors (Lipinski definition) is 14. The molecule has 0 aliphatic carbocycles. The number of guanidine groups is 1. The minimum absolute atomic E-state index is 0. The third kappa shape index (κ3) is 26.2. The Hall–Kier alpha value is -6.81. The van der Waals surface area contributed by atoms with Crippen molar-refractivity contribution in [3.8, 4) is 0 Å². The van der Waals surface area contributed by atoms with E-state index in [1.807, 2.05) is 12.1 Å². The second-order valence-electron chi connectivity index (χ2n) is 20.8. The molecule has 1 saturated heterocycles. The maximum atomic E-state index is 13.5. The molecule has 5 amide bonds. The average molecular weight is 1360 g/mol. The first-order valence-corrected chi connectivity index (χ1v) is 27.8. The number of aliphatic hydroxyl groups excluding tert-OH is 1. The quantitative estimate of drug-likeness (QED) is 0.0161. The van der Waals surface area contributed by atoms with Crippen LogP contribution in [0.1, 0.15) is 82.2 Å². The number of pyridine rings is 1. The zero-order chi connectivity index (χ0) is 62.0. The van der Waals surface area contributed by atoms with Crippen molar-refractivity contribution >= 4 is 88.4 Å². The van der Waals surface area contributed by atoms with Crippen LogP contribution in [0.4, 0.5) is 5.69 Å². The first kappa shape index (κ1) is 72.5. The Bertz CT molecular complexity index is 2670. The molecule has 85 heavy (non-hydrogen) atoms. The minimum atomic E-state index is -1.75. The number of thiocarbonyl (C=S) groups is 1. The van der Waals surface area contributed by atoms with Crippen LogP contribution in [0.2, 0.25) is 0 Å². The molecule has 1 unspecified atom stereocenters. The Labute approximate surface area is 528 Å². The standard InChI is InChI=1S/C53H78N14O16S.Gd/c1-31(2)23-37(46(76)63-39(30-68)48(78)61-36(50(80)81)10-5-17-56-52(54)55)62-47(77)38(24-43(70)71)60-42(69)25-57-49(79)40-12-6-18-67(40)53(84)59-33-15-13-32(14-16-33)7-3-11-41(51(82)83)66-22-21-64(28-44(72)73)19-20-65(29-45(74)75)26-34-8-4-9-35(27-66)58-34;/h4,8-9,13-16,31,36-41,68H,3,5-7,10-12,17-30H2,1-2H3,(H,57,79)(H,59,84)(H,60,69)(H,61,78)(H,62,77)(H,63,76)(H,70,71)(H,72,73)(H,74,75)(H,80,81)(H,82,83)(H4,54,55,56);/q;+3/t36-,37-,38-,39-,40-,41?;/m0./s1. The van der Waals surface area contributed by atoms with Crippen LogP contribution in [0.25, 0.3) is 0 Å². The SMILES string of the molecule is CC(C)C[C@H](NC(=O)[C@H](CC(=O)O)NC(=O)CNC(=O)[C@@H]1CCCN1C(=S)Nc1ccc(CCCC(C(=O)O)N2CCN(CC(=O)O)CCN(CC(=O)O)Cc3cccc(n3)C2)cc1)C(=O)N[C@@H](CO)C(=O)N[C@@H](CCCN=C(N)N)C(=O)O.[Gd+3]. The van der Waals surface area contributed by atoms with E-state index in [-0.39, 0.29) is 142 Å². The van der Waals surface area contributed by atoms with E-state index in [1.54, 1.807) is 63.8 Å². The first-order chi connectivity index (χ1) is 39.8. The van der Waals surface area contributed by atoms with Crippen molar-refractivity contribution in [3.63, 3.8) is 0 Å².